The van der Waals surface area contributed by atoms with Crippen molar-refractivity contribution in [3.63, 3.8) is 0 Å². The maximum Gasteiger partial charge on any atom is 0.260 e. The highest BCUT2D eigenvalue weighted by Gasteiger charge is 2.30. The molecule has 28 heavy (non-hydrogen) atoms. The first-order chi connectivity index (χ1) is 13.6. The lowest BCUT2D eigenvalue weighted by atomic mass is 10.2. The van der Waals surface area contributed by atoms with Gasteiger partial charge in [-0.25, -0.2) is 4.99 Å². The number of nitrogens with zero attached hydrogens (tertiary/aromatic N) is 1. The molecule has 0 aliphatic carbocycles. The van der Waals surface area contributed by atoms with Gasteiger partial charge in [-0.1, -0.05) is 36.9 Å². The molecule has 0 aromatic heterocycles. The Labute approximate surface area is 168 Å². The van der Waals surface area contributed by atoms with Crippen LogP contribution in [0.5, 0.6) is 11.5 Å². The molecule has 0 saturated heterocycles. The zero-order valence-corrected chi connectivity index (χ0v) is 16.4. The van der Waals surface area contributed by atoms with Crippen molar-refractivity contribution in [2.75, 3.05) is 18.5 Å². The van der Waals surface area contributed by atoms with E-state index in [-0.39, 0.29) is 24.8 Å². The van der Waals surface area contributed by atoms with Crippen molar-refractivity contribution in [3.05, 3.63) is 54.6 Å². The second kappa shape index (κ2) is 9.94. The monoisotopic (exact) mass is 398 g/mol. The smallest absolute Gasteiger partial charge is 0.260 e. The number of nitrogens with one attached hydrogen (secondary N) is 1. The Morgan fingerprint density at radius 2 is 1.79 bits per heavy atom. The highest BCUT2D eigenvalue weighted by atomic mass is 32.2. The van der Waals surface area contributed by atoms with E-state index in [4.69, 9.17) is 9.47 Å². The Bertz CT molecular complexity index is 837. The van der Waals surface area contributed by atoms with Crippen LogP contribution in [0, 0.1) is 0 Å². The second-order valence-electron chi connectivity index (χ2n) is 6.18. The molecule has 0 radical (unpaired) electrons. The molecule has 0 saturated carbocycles. The van der Waals surface area contributed by atoms with Crippen molar-refractivity contribution < 1.29 is 19.1 Å². The highest BCUT2D eigenvalue weighted by molar-refractivity contribution is 8.15. The number of aliphatic imine (C=N–C) groups is 1. The van der Waals surface area contributed by atoms with Gasteiger partial charge in [0.15, 0.2) is 0 Å². The van der Waals surface area contributed by atoms with Gasteiger partial charge in [-0.2, -0.15) is 0 Å². The van der Waals surface area contributed by atoms with Gasteiger partial charge in [0.1, 0.15) is 28.4 Å². The van der Waals surface area contributed by atoms with Gasteiger partial charge in [-0.3, -0.25) is 9.59 Å². The summed E-state index contributed by atoms with van der Waals surface area (Å²) in [5.74, 6) is 0.951. The third kappa shape index (κ3) is 5.85. The molecule has 7 heteroatoms. The first kappa shape index (κ1) is 19.9. The maximum absolute atomic E-state index is 12.3. The summed E-state index contributed by atoms with van der Waals surface area (Å²) < 4.78 is 11.1. The minimum Gasteiger partial charge on any atom is -0.494 e. The fraction of sp³-hybridized carbons (Fsp3) is 0.286. The Morgan fingerprint density at radius 1 is 1.07 bits per heavy atom. The van der Waals surface area contributed by atoms with Crippen molar-refractivity contribution in [2.45, 2.75) is 25.0 Å². The number of amides is 2. The topological polar surface area (TPSA) is 77.0 Å². The highest BCUT2D eigenvalue weighted by Crippen LogP contribution is 2.26. The lowest BCUT2D eigenvalue weighted by Crippen LogP contribution is -2.21. The van der Waals surface area contributed by atoms with Crippen LogP contribution in [-0.2, 0) is 9.59 Å². The van der Waals surface area contributed by atoms with Gasteiger partial charge in [0.25, 0.3) is 5.91 Å². The maximum atomic E-state index is 12.3. The molecule has 0 spiro atoms. The summed E-state index contributed by atoms with van der Waals surface area (Å²) in [5.41, 5.74) is 0.665. The van der Waals surface area contributed by atoms with Crippen LogP contribution >= 0.6 is 11.8 Å². The standard InChI is InChI=1S/C21H22N2O4S/c1-2-12-26-17-10-8-15(9-11-17)22-19(24)13-18-21(25)23-20(28-18)14-27-16-6-4-3-5-7-16/h3-11,18H,2,12-14H2,1H3,(H,22,24)/t18-/m1/s1. The van der Waals surface area contributed by atoms with Gasteiger partial charge in [0, 0.05) is 12.1 Å². The molecule has 0 fully saturated rings. The molecule has 2 aromatic rings. The number of benzene rings is 2. The summed E-state index contributed by atoms with van der Waals surface area (Å²) in [7, 11) is 0. The van der Waals surface area contributed by atoms with E-state index in [1.165, 1.54) is 11.8 Å². The molecule has 1 N–H and O–H groups in total. The quantitative estimate of drug-likeness (QED) is 0.693. The van der Waals surface area contributed by atoms with Crippen molar-refractivity contribution in [2.24, 2.45) is 4.99 Å². The number of ether oxygens (including phenoxy) is 2. The molecule has 0 unspecified atom stereocenters. The Morgan fingerprint density at radius 3 is 2.50 bits per heavy atom. The van der Waals surface area contributed by atoms with Crippen molar-refractivity contribution in [3.8, 4) is 11.5 Å². The first-order valence-electron chi connectivity index (χ1n) is 9.12. The molecule has 2 amide bonds. The molecule has 2 aromatic carbocycles. The van der Waals surface area contributed by atoms with E-state index in [1.54, 1.807) is 12.1 Å². The van der Waals surface area contributed by atoms with Crippen LogP contribution in [0.1, 0.15) is 19.8 Å². The van der Waals surface area contributed by atoms with E-state index < -0.39 is 5.25 Å². The van der Waals surface area contributed by atoms with Crippen molar-refractivity contribution in [1.29, 1.82) is 0 Å². The van der Waals surface area contributed by atoms with E-state index >= 15 is 0 Å². The van der Waals surface area contributed by atoms with Crippen LogP contribution in [0.4, 0.5) is 5.69 Å². The lowest BCUT2D eigenvalue weighted by Gasteiger charge is -2.10. The minimum absolute atomic E-state index is 0.0654. The number of para-hydroxylation sites is 1. The average molecular weight is 398 g/mol. The van der Waals surface area contributed by atoms with Crippen LogP contribution in [0.3, 0.4) is 0 Å². The minimum atomic E-state index is -0.512. The number of anilines is 1. The van der Waals surface area contributed by atoms with E-state index in [0.29, 0.717) is 23.1 Å². The third-order valence-corrected chi connectivity index (χ3v) is 5.01. The van der Waals surface area contributed by atoms with Crippen LogP contribution < -0.4 is 14.8 Å². The lowest BCUT2D eigenvalue weighted by molar-refractivity contribution is -0.121. The molecule has 1 heterocycles. The number of carbonyl (C=O) groups is 2. The van der Waals surface area contributed by atoms with Gasteiger partial charge in [-0.05, 0) is 42.8 Å². The molecule has 146 valence electrons. The summed E-state index contributed by atoms with van der Waals surface area (Å²) in [6, 6.07) is 16.5. The summed E-state index contributed by atoms with van der Waals surface area (Å²) in [5, 5.41) is 2.88. The van der Waals surface area contributed by atoms with E-state index in [0.717, 1.165) is 12.2 Å². The number of hydrogen-bond acceptors (Lipinski definition) is 5. The predicted octanol–water partition coefficient (Wildman–Crippen LogP) is 3.92. The third-order valence-electron chi connectivity index (χ3n) is 3.88. The molecule has 1 aliphatic heterocycles. The largest absolute Gasteiger partial charge is 0.494 e. The molecular formula is C21H22N2O4S. The molecule has 1 atom stereocenters. The van der Waals surface area contributed by atoms with E-state index in [1.807, 2.05) is 49.4 Å². The Kier molecular flexibility index (Phi) is 7.08. The van der Waals surface area contributed by atoms with Crippen LogP contribution in [0.15, 0.2) is 59.6 Å². The van der Waals surface area contributed by atoms with Crippen LogP contribution in [0.25, 0.3) is 0 Å². The molecule has 1 aliphatic rings. The van der Waals surface area contributed by atoms with E-state index in [2.05, 4.69) is 10.3 Å². The number of thioether (sulfide) groups is 1. The van der Waals surface area contributed by atoms with Crippen LogP contribution in [0.2, 0.25) is 0 Å². The summed E-state index contributed by atoms with van der Waals surface area (Å²) in [6.07, 6.45) is 1.00. The van der Waals surface area contributed by atoms with Gasteiger partial charge in [0.2, 0.25) is 5.91 Å². The zero-order chi connectivity index (χ0) is 19.8. The van der Waals surface area contributed by atoms with Gasteiger partial charge in [0.05, 0.1) is 6.61 Å². The van der Waals surface area contributed by atoms with Crippen LogP contribution in [-0.4, -0.2) is 35.3 Å². The van der Waals surface area contributed by atoms with Crippen molar-refractivity contribution in [1.82, 2.24) is 0 Å². The van der Waals surface area contributed by atoms with Gasteiger partial charge in [-0.15, -0.1) is 0 Å². The average Bonchev–Trinajstić information content (AvgIpc) is 3.06. The normalized spacial score (nSPS) is 15.8. The molecule has 6 nitrogen and oxygen atoms in total. The fourth-order valence-electron chi connectivity index (χ4n) is 2.53. The molecule has 0 bridgehead atoms. The Hall–Kier alpha value is -2.80. The van der Waals surface area contributed by atoms with Gasteiger partial charge >= 0.3 is 0 Å². The van der Waals surface area contributed by atoms with Crippen molar-refractivity contribution >= 4 is 34.3 Å². The summed E-state index contributed by atoms with van der Waals surface area (Å²) in [6.45, 7) is 2.92. The number of carbonyl (C=O) groups excluding carboxylic acids is 2. The fourth-order valence-corrected chi connectivity index (χ4v) is 3.51. The zero-order valence-electron chi connectivity index (χ0n) is 15.6. The van der Waals surface area contributed by atoms with Gasteiger partial charge < -0.3 is 14.8 Å². The van der Waals surface area contributed by atoms with E-state index in [9.17, 15) is 9.59 Å². The first-order valence-corrected chi connectivity index (χ1v) is 10.0. The summed E-state index contributed by atoms with van der Waals surface area (Å²) in [4.78, 5) is 28.3. The molecular weight excluding hydrogens is 376 g/mol. The predicted molar refractivity (Wildman–Crippen MR) is 111 cm³/mol. The second-order valence-corrected chi connectivity index (χ2v) is 7.45. The molecule has 3 rings (SSSR count). The SMILES string of the molecule is CCCOc1ccc(NC(=O)C[C@H]2SC(COc3ccccc3)=NC2=O)cc1. The number of rotatable bonds is 9. The summed E-state index contributed by atoms with van der Waals surface area (Å²) >= 11 is 1.28. The number of hydrogen-bond donors (Lipinski definition) is 1. The Balaban J connectivity index is 1.45.